The first kappa shape index (κ1) is 23.1. The number of carbonyl (C=O) groups excluding carboxylic acids is 1. The third-order valence-corrected chi connectivity index (χ3v) is 5.20. The van der Waals surface area contributed by atoms with Crippen molar-refractivity contribution >= 4 is 45.8 Å². The van der Waals surface area contributed by atoms with Crippen molar-refractivity contribution in [3.8, 4) is 0 Å². The van der Waals surface area contributed by atoms with Crippen LogP contribution in [0, 0.1) is 13.8 Å². The van der Waals surface area contributed by atoms with Crippen molar-refractivity contribution in [3.05, 3.63) is 67.2 Å². The highest BCUT2D eigenvalue weighted by Crippen LogP contribution is 2.31. The van der Waals surface area contributed by atoms with Gasteiger partial charge in [-0.1, -0.05) is 17.7 Å². The van der Waals surface area contributed by atoms with Crippen LogP contribution in [-0.2, 0) is 4.74 Å². The Bertz CT molecular complexity index is 1230. The Morgan fingerprint density at radius 1 is 1.19 bits per heavy atom. The number of nitrogens with zero attached hydrogens (tertiary/aromatic N) is 1. The zero-order valence-corrected chi connectivity index (χ0v) is 19.7. The molecule has 1 atom stereocenters. The standard InChI is InChI=1S/C23H24Cl2N2O4/c1-11-9-14(20-15(10-11)19(28)12(2)21(25)30-20)13(3)26-16-7-8-17(24)27-18(16)22(29)31-23(4,5)6/h7-10,13,26H,1-6H3. The van der Waals surface area contributed by atoms with Gasteiger partial charge in [-0.25, -0.2) is 9.78 Å². The number of anilines is 1. The van der Waals surface area contributed by atoms with Gasteiger partial charge in [0.1, 0.15) is 16.3 Å². The van der Waals surface area contributed by atoms with E-state index in [9.17, 15) is 9.59 Å². The Hall–Kier alpha value is -2.57. The normalized spacial score (nSPS) is 12.6. The maximum Gasteiger partial charge on any atom is 0.359 e. The summed E-state index contributed by atoms with van der Waals surface area (Å²) in [5.41, 5.74) is 2.03. The summed E-state index contributed by atoms with van der Waals surface area (Å²) in [7, 11) is 0. The van der Waals surface area contributed by atoms with Crippen molar-refractivity contribution in [2.75, 3.05) is 5.32 Å². The summed E-state index contributed by atoms with van der Waals surface area (Å²) in [6.45, 7) is 10.7. The largest absolute Gasteiger partial charge is 0.455 e. The van der Waals surface area contributed by atoms with Crippen LogP contribution in [0.5, 0.6) is 0 Å². The second-order valence-corrected chi connectivity index (χ2v) is 9.19. The van der Waals surface area contributed by atoms with Crippen molar-refractivity contribution < 1.29 is 13.9 Å². The van der Waals surface area contributed by atoms with E-state index in [4.69, 9.17) is 32.4 Å². The monoisotopic (exact) mass is 462 g/mol. The van der Waals surface area contributed by atoms with E-state index < -0.39 is 11.6 Å². The molecule has 0 saturated carbocycles. The predicted octanol–water partition coefficient (Wildman–Crippen LogP) is 6.24. The molecule has 0 aliphatic heterocycles. The van der Waals surface area contributed by atoms with Crippen molar-refractivity contribution in [1.29, 1.82) is 0 Å². The number of aryl methyl sites for hydroxylation is 1. The van der Waals surface area contributed by atoms with Gasteiger partial charge in [-0.3, -0.25) is 4.79 Å². The fraction of sp³-hybridized carbons (Fsp3) is 0.348. The summed E-state index contributed by atoms with van der Waals surface area (Å²) < 4.78 is 11.2. The number of hydrogen-bond donors (Lipinski definition) is 1. The average Bonchev–Trinajstić information content (AvgIpc) is 2.66. The van der Waals surface area contributed by atoms with Crippen LogP contribution in [0.25, 0.3) is 11.0 Å². The van der Waals surface area contributed by atoms with Gasteiger partial charge in [0, 0.05) is 5.56 Å². The van der Waals surface area contributed by atoms with Gasteiger partial charge < -0.3 is 14.5 Å². The van der Waals surface area contributed by atoms with Gasteiger partial charge in [-0.2, -0.15) is 0 Å². The molecule has 0 aliphatic carbocycles. The Balaban J connectivity index is 2.07. The van der Waals surface area contributed by atoms with E-state index in [1.54, 1.807) is 45.9 Å². The molecule has 1 N–H and O–H groups in total. The van der Waals surface area contributed by atoms with Gasteiger partial charge in [-0.15, -0.1) is 0 Å². The molecule has 0 fully saturated rings. The van der Waals surface area contributed by atoms with Crippen LogP contribution in [0.2, 0.25) is 10.4 Å². The number of benzene rings is 1. The number of pyridine rings is 1. The predicted molar refractivity (Wildman–Crippen MR) is 123 cm³/mol. The van der Waals surface area contributed by atoms with Crippen LogP contribution in [0.3, 0.4) is 0 Å². The Kier molecular flexibility index (Phi) is 6.35. The van der Waals surface area contributed by atoms with E-state index in [1.807, 2.05) is 19.9 Å². The van der Waals surface area contributed by atoms with Gasteiger partial charge in [0.25, 0.3) is 0 Å². The number of ether oxygens (including phenoxy) is 1. The minimum Gasteiger partial charge on any atom is -0.455 e. The number of hydrogen-bond acceptors (Lipinski definition) is 6. The van der Waals surface area contributed by atoms with Gasteiger partial charge in [0.2, 0.25) is 5.22 Å². The maximum absolute atomic E-state index is 12.7. The van der Waals surface area contributed by atoms with E-state index in [2.05, 4.69) is 10.3 Å². The van der Waals surface area contributed by atoms with Crippen molar-refractivity contribution in [3.63, 3.8) is 0 Å². The zero-order valence-electron chi connectivity index (χ0n) is 18.2. The van der Waals surface area contributed by atoms with Crippen molar-refractivity contribution in [1.82, 2.24) is 4.98 Å². The van der Waals surface area contributed by atoms with Gasteiger partial charge in [0.05, 0.1) is 22.7 Å². The number of fused-ring (bicyclic) bond motifs is 1. The fourth-order valence-corrected chi connectivity index (χ4v) is 3.52. The minimum absolute atomic E-state index is 0.0532. The van der Waals surface area contributed by atoms with Crippen molar-refractivity contribution in [2.24, 2.45) is 0 Å². The second-order valence-electron chi connectivity index (χ2n) is 8.46. The molecule has 0 spiro atoms. The number of aromatic nitrogens is 1. The smallest absolute Gasteiger partial charge is 0.359 e. The van der Waals surface area contributed by atoms with E-state index >= 15 is 0 Å². The van der Waals surface area contributed by atoms with Gasteiger partial charge in [-0.05, 0) is 76.9 Å². The first-order chi connectivity index (χ1) is 14.4. The molecule has 2 heterocycles. The highest BCUT2D eigenvalue weighted by atomic mass is 35.5. The minimum atomic E-state index is -0.686. The molecule has 6 nitrogen and oxygen atoms in total. The lowest BCUT2D eigenvalue weighted by Crippen LogP contribution is -2.25. The Morgan fingerprint density at radius 3 is 2.52 bits per heavy atom. The maximum atomic E-state index is 12.7. The van der Waals surface area contributed by atoms with E-state index in [1.165, 1.54) is 0 Å². The molecular weight excluding hydrogens is 439 g/mol. The Morgan fingerprint density at radius 2 is 1.87 bits per heavy atom. The summed E-state index contributed by atoms with van der Waals surface area (Å²) in [5, 5.41) is 3.95. The zero-order chi connectivity index (χ0) is 23.1. The summed E-state index contributed by atoms with van der Waals surface area (Å²) >= 11 is 12.2. The molecule has 1 aromatic carbocycles. The van der Waals surface area contributed by atoms with Crippen LogP contribution in [0.1, 0.15) is 60.9 Å². The number of nitrogens with one attached hydrogen (secondary N) is 1. The van der Waals surface area contributed by atoms with E-state index in [0.29, 0.717) is 22.2 Å². The highest BCUT2D eigenvalue weighted by Gasteiger charge is 2.24. The number of esters is 1. The molecule has 8 heteroatoms. The molecule has 0 bridgehead atoms. The lowest BCUT2D eigenvalue weighted by Gasteiger charge is -2.22. The first-order valence-electron chi connectivity index (χ1n) is 9.77. The quantitative estimate of drug-likeness (QED) is 0.364. The summed E-state index contributed by atoms with van der Waals surface area (Å²) in [5.74, 6) is -0.594. The average molecular weight is 463 g/mol. The van der Waals surface area contributed by atoms with E-state index in [0.717, 1.165) is 11.1 Å². The summed E-state index contributed by atoms with van der Waals surface area (Å²) in [4.78, 5) is 29.5. The molecule has 164 valence electrons. The first-order valence-corrected chi connectivity index (χ1v) is 10.5. The topological polar surface area (TPSA) is 81.4 Å². The van der Waals surface area contributed by atoms with Crippen LogP contribution in [0.4, 0.5) is 5.69 Å². The molecule has 3 rings (SSSR count). The van der Waals surface area contributed by atoms with Crippen LogP contribution in [0.15, 0.2) is 33.5 Å². The molecular formula is C23H24Cl2N2O4. The van der Waals surface area contributed by atoms with Gasteiger partial charge in [0.15, 0.2) is 11.1 Å². The SMILES string of the molecule is Cc1cc(C(C)Nc2ccc(Cl)nc2C(=O)OC(C)(C)C)c2oc(Cl)c(C)c(=O)c2c1. The number of carbonyl (C=O) groups is 1. The molecule has 0 amide bonds. The molecule has 0 aliphatic rings. The molecule has 3 aromatic rings. The van der Waals surface area contributed by atoms with Crippen molar-refractivity contribution in [2.45, 2.75) is 53.2 Å². The lowest BCUT2D eigenvalue weighted by molar-refractivity contribution is 0.00640. The molecule has 0 radical (unpaired) electrons. The highest BCUT2D eigenvalue weighted by molar-refractivity contribution is 6.30. The second kappa shape index (κ2) is 8.52. The number of halogens is 2. The van der Waals surface area contributed by atoms with Crippen LogP contribution >= 0.6 is 23.2 Å². The van der Waals surface area contributed by atoms with Crippen LogP contribution in [-0.4, -0.2) is 16.6 Å². The third kappa shape index (κ3) is 5.02. The number of rotatable bonds is 4. The van der Waals surface area contributed by atoms with E-state index in [-0.39, 0.29) is 27.5 Å². The fourth-order valence-electron chi connectivity index (χ4n) is 3.21. The lowest BCUT2D eigenvalue weighted by atomic mass is 10.0. The molecule has 0 saturated heterocycles. The summed E-state index contributed by atoms with van der Waals surface area (Å²) in [6, 6.07) is 6.57. The molecule has 2 aromatic heterocycles. The summed E-state index contributed by atoms with van der Waals surface area (Å²) in [6.07, 6.45) is 0. The third-order valence-electron chi connectivity index (χ3n) is 4.63. The van der Waals surface area contributed by atoms with Crippen LogP contribution < -0.4 is 10.7 Å². The van der Waals surface area contributed by atoms with Gasteiger partial charge >= 0.3 is 5.97 Å². The molecule has 1 unspecified atom stereocenters. The molecule has 31 heavy (non-hydrogen) atoms. The Labute approximate surface area is 190 Å².